The number of halogens is 2. The first-order chi connectivity index (χ1) is 8.94. The summed E-state index contributed by atoms with van der Waals surface area (Å²) in [5, 5.41) is 0. The molecule has 0 aliphatic heterocycles. The maximum absolute atomic E-state index is 13.6. The van der Waals surface area contributed by atoms with E-state index in [4.69, 9.17) is 5.73 Å². The van der Waals surface area contributed by atoms with E-state index in [1.807, 2.05) is 0 Å². The van der Waals surface area contributed by atoms with Crippen LogP contribution in [0.15, 0.2) is 17.0 Å². The molecule has 1 fully saturated rings. The molecule has 1 aromatic rings. The Labute approximate surface area is 111 Å². The van der Waals surface area contributed by atoms with E-state index in [2.05, 4.69) is 4.72 Å². The molecule has 0 unspecified atom stereocenters. The van der Waals surface area contributed by atoms with Crippen LogP contribution in [0, 0.1) is 17.6 Å². The molecule has 1 aromatic carbocycles. The third kappa shape index (κ3) is 3.10. The molecule has 0 atom stereocenters. The highest BCUT2D eigenvalue weighted by Gasteiger charge is 2.25. The molecule has 0 amide bonds. The van der Waals surface area contributed by atoms with Crippen molar-refractivity contribution in [1.82, 2.24) is 4.72 Å². The van der Waals surface area contributed by atoms with Crippen LogP contribution < -0.4 is 10.5 Å². The number of nitrogens with one attached hydrogen (secondary N) is 1. The van der Waals surface area contributed by atoms with Crippen LogP contribution >= 0.6 is 0 Å². The average molecular weight is 290 g/mol. The van der Waals surface area contributed by atoms with Crippen molar-refractivity contribution in [2.45, 2.75) is 30.7 Å². The van der Waals surface area contributed by atoms with E-state index in [0.29, 0.717) is 5.92 Å². The maximum Gasteiger partial charge on any atom is 0.243 e. The third-order valence-corrected chi connectivity index (χ3v) is 4.79. The number of sulfonamides is 1. The summed E-state index contributed by atoms with van der Waals surface area (Å²) in [5.74, 6) is -2.27. The lowest BCUT2D eigenvalue weighted by molar-refractivity contribution is 0.316. The molecule has 3 N–H and O–H groups in total. The summed E-state index contributed by atoms with van der Waals surface area (Å²) in [6.45, 7) is 0.207. The number of nitrogens with two attached hydrogens (primary N) is 1. The molecule has 106 valence electrons. The standard InChI is InChI=1S/C12H16F2N2O2S/c13-10-4-9(6-15)5-11(12(10)14)19(17,18)16-7-8-2-1-3-8/h4-5,8,16H,1-3,6-7,15H2. The first kappa shape index (κ1) is 14.4. The van der Waals surface area contributed by atoms with Gasteiger partial charge < -0.3 is 5.73 Å². The van der Waals surface area contributed by atoms with Crippen LogP contribution in [0.3, 0.4) is 0 Å². The third-order valence-electron chi connectivity index (χ3n) is 3.37. The van der Waals surface area contributed by atoms with Gasteiger partial charge in [-0.15, -0.1) is 0 Å². The molecular formula is C12H16F2N2O2S. The van der Waals surface area contributed by atoms with Gasteiger partial charge in [-0.2, -0.15) is 0 Å². The normalized spacial score (nSPS) is 16.4. The molecule has 1 saturated carbocycles. The summed E-state index contributed by atoms with van der Waals surface area (Å²) in [6.07, 6.45) is 3.00. The van der Waals surface area contributed by atoms with Crippen molar-refractivity contribution in [3.05, 3.63) is 29.3 Å². The second-order valence-corrected chi connectivity index (χ2v) is 6.48. The first-order valence-electron chi connectivity index (χ1n) is 6.11. The molecule has 4 nitrogen and oxygen atoms in total. The monoisotopic (exact) mass is 290 g/mol. The molecule has 0 spiro atoms. The maximum atomic E-state index is 13.6. The Kier molecular flexibility index (Phi) is 4.17. The Bertz CT molecular complexity index is 571. The van der Waals surface area contributed by atoms with Gasteiger partial charge in [-0.1, -0.05) is 6.42 Å². The molecule has 0 saturated heterocycles. The largest absolute Gasteiger partial charge is 0.326 e. The fourth-order valence-electron chi connectivity index (χ4n) is 1.93. The van der Waals surface area contributed by atoms with Crippen LogP contribution in [-0.2, 0) is 16.6 Å². The van der Waals surface area contributed by atoms with E-state index >= 15 is 0 Å². The number of benzene rings is 1. The van der Waals surface area contributed by atoms with Crippen molar-refractivity contribution in [2.75, 3.05) is 6.54 Å². The fraction of sp³-hybridized carbons (Fsp3) is 0.500. The summed E-state index contributed by atoms with van der Waals surface area (Å²) < 4.78 is 53.1. The van der Waals surface area contributed by atoms with E-state index < -0.39 is 26.6 Å². The van der Waals surface area contributed by atoms with Crippen LogP contribution in [-0.4, -0.2) is 15.0 Å². The van der Waals surface area contributed by atoms with Crippen molar-refractivity contribution in [2.24, 2.45) is 11.7 Å². The van der Waals surface area contributed by atoms with Gasteiger partial charge in [0, 0.05) is 13.1 Å². The van der Waals surface area contributed by atoms with Crippen LogP contribution in [0.2, 0.25) is 0 Å². The lowest BCUT2D eigenvalue weighted by Crippen LogP contribution is -2.32. The highest BCUT2D eigenvalue weighted by molar-refractivity contribution is 7.89. The predicted octanol–water partition coefficient (Wildman–Crippen LogP) is 1.50. The van der Waals surface area contributed by atoms with Gasteiger partial charge in [-0.25, -0.2) is 21.9 Å². The van der Waals surface area contributed by atoms with Crippen LogP contribution in [0.5, 0.6) is 0 Å². The van der Waals surface area contributed by atoms with Gasteiger partial charge in [0.15, 0.2) is 11.6 Å². The highest BCUT2D eigenvalue weighted by Crippen LogP contribution is 2.26. The number of hydrogen-bond acceptors (Lipinski definition) is 3. The summed E-state index contributed by atoms with van der Waals surface area (Å²) in [6, 6.07) is 1.97. The van der Waals surface area contributed by atoms with E-state index in [9.17, 15) is 17.2 Å². The van der Waals surface area contributed by atoms with E-state index in [0.717, 1.165) is 31.4 Å². The Morgan fingerprint density at radius 3 is 2.53 bits per heavy atom. The molecule has 0 radical (unpaired) electrons. The van der Waals surface area contributed by atoms with Gasteiger partial charge in [-0.3, -0.25) is 0 Å². The quantitative estimate of drug-likeness (QED) is 0.863. The van der Waals surface area contributed by atoms with Crippen LogP contribution in [0.25, 0.3) is 0 Å². The lowest BCUT2D eigenvalue weighted by Gasteiger charge is -2.25. The van der Waals surface area contributed by atoms with Gasteiger partial charge in [-0.05, 0) is 36.5 Å². The van der Waals surface area contributed by atoms with E-state index in [1.54, 1.807) is 0 Å². The smallest absolute Gasteiger partial charge is 0.243 e. The summed E-state index contributed by atoms with van der Waals surface area (Å²) in [4.78, 5) is -0.674. The molecule has 19 heavy (non-hydrogen) atoms. The molecule has 1 aliphatic rings. The first-order valence-corrected chi connectivity index (χ1v) is 7.60. The van der Waals surface area contributed by atoms with Crippen LogP contribution in [0.1, 0.15) is 24.8 Å². The van der Waals surface area contributed by atoms with Gasteiger partial charge >= 0.3 is 0 Å². The molecular weight excluding hydrogens is 274 g/mol. The van der Waals surface area contributed by atoms with Crippen molar-refractivity contribution >= 4 is 10.0 Å². The molecule has 0 bridgehead atoms. The Balaban J connectivity index is 2.25. The van der Waals surface area contributed by atoms with Crippen LogP contribution in [0.4, 0.5) is 8.78 Å². The summed E-state index contributed by atoms with van der Waals surface area (Å²) >= 11 is 0. The minimum absolute atomic E-state index is 0.0532. The van der Waals surface area contributed by atoms with Gasteiger partial charge in [0.05, 0.1) is 0 Å². The van der Waals surface area contributed by atoms with Gasteiger partial charge in [0.2, 0.25) is 10.0 Å². The molecule has 2 rings (SSSR count). The molecule has 0 heterocycles. The Hall–Kier alpha value is -1.05. The second kappa shape index (κ2) is 5.52. The zero-order valence-corrected chi connectivity index (χ0v) is 11.1. The Morgan fingerprint density at radius 1 is 1.32 bits per heavy atom. The van der Waals surface area contributed by atoms with Gasteiger partial charge in [0.1, 0.15) is 4.90 Å². The van der Waals surface area contributed by atoms with Gasteiger partial charge in [0.25, 0.3) is 0 Å². The minimum atomic E-state index is -4.04. The van der Waals surface area contributed by atoms with E-state index in [-0.39, 0.29) is 18.7 Å². The summed E-state index contributed by atoms with van der Waals surface area (Å²) in [5.41, 5.74) is 5.57. The molecule has 1 aliphatic carbocycles. The minimum Gasteiger partial charge on any atom is -0.326 e. The fourth-order valence-corrected chi connectivity index (χ4v) is 3.18. The summed E-state index contributed by atoms with van der Waals surface area (Å²) in [7, 11) is -4.04. The predicted molar refractivity (Wildman–Crippen MR) is 66.8 cm³/mol. The highest BCUT2D eigenvalue weighted by atomic mass is 32.2. The average Bonchev–Trinajstić information content (AvgIpc) is 2.30. The number of hydrogen-bond donors (Lipinski definition) is 2. The van der Waals surface area contributed by atoms with E-state index in [1.165, 1.54) is 0 Å². The Morgan fingerprint density at radius 2 is 2.00 bits per heavy atom. The van der Waals surface area contributed by atoms with Crippen molar-refractivity contribution in [3.63, 3.8) is 0 Å². The topological polar surface area (TPSA) is 72.2 Å². The zero-order valence-electron chi connectivity index (χ0n) is 10.3. The lowest BCUT2D eigenvalue weighted by atomic mass is 9.86. The van der Waals surface area contributed by atoms with Crippen molar-refractivity contribution < 1.29 is 17.2 Å². The van der Waals surface area contributed by atoms with Crippen molar-refractivity contribution in [1.29, 1.82) is 0 Å². The van der Waals surface area contributed by atoms with Crippen molar-refractivity contribution in [3.8, 4) is 0 Å². The molecule has 7 heteroatoms. The second-order valence-electron chi connectivity index (χ2n) is 4.74. The number of rotatable bonds is 5. The SMILES string of the molecule is NCc1cc(F)c(F)c(S(=O)(=O)NCC2CCC2)c1. The molecule has 0 aromatic heterocycles. The zero-order chi connectivity index (χ0) is 14.0.